The summed E-state index contributed by atoms with van der Waals surface area (Å²) < 4.78 is 5.03. The number of carbonyl (C=O) groups excluding carboxylic acids is 1. The van der Waals surface area contributed by atoms with Crippen molar-refractivity contribution in [2.24, 2.45) is 0 Å². The summed E-state index contributed by atoms with van der Waals surface area (Å²) in [5.41, 5.74) is 0.755. The highest BCUT2D eigenvalue weighted by molar-refractivity contribution is 5.91. The second-order valence-electron chi connectivity index (χ2n) is 4.36. The van der Waals surface area contributed by atoms with Crippen LogP contribution in [-0.4, -0.2) is 28.6 Å². The normalized spacial score (nSPS) is 16.6. The first kappa shape index (κ1) is 11.2. The maximum atomic E-state index is 12.2. The zero-order chi connectivity index (χ0) is 11.5. The van der Waals surface area contributed by atoms with Gasteiger partial charge in [-0.2, -0.15) is 0 Å². The van der Waals surface area contributed by atoms with E-state index in [1.165, 1.54) is 12.8 Å². The van der Waals surface area contributed by atoms with Gasteiger partial charge >= 0.3 is 0 Å². The summed E-state index contributed by atoms with van der Waals surface area (Å²) in [6.45, 7) is 4.58. The van der Waals surface area contributed by atoms with Gasteiger partial charge in [-0.1, -0.05) is 18.0 Å². The van der Waals surface area contributed by atoms with E-state index >= 15 is 0 Å². The molecule has 88 valence electrons. The number of aryl methyl sites for hydroxylation is 1. The average molecular weight is 222 g/mol. The van der Waals surface area contributed by atoms with Gasteiger partial charge in [-0.3, -0.25) is 4.79 Å². The van der Waals surface area contributed by atoms with E-state index in [-0.39, 0.29) is 5.91 Å². The molecule has 0 aromatic carbocycles. The molecule has 0 spiro atoms. The molecule has 0 radical (unpaired) electrons. The molecule has 0 saturated heterocycles. The second kappa shape index (κ2) is 4.68. The fourth-order valence-electron chi connectivity index (χ4n) is 2.39. The molecule has 1 fully saturated rings. The highest BCUT2D eigenvalue weighted by Gasteiger charge is 2.28. The monoisotopic (exact) mass is 222 g/mol. The molecule has 0 bridgehead atoms. The van der Waals surface area contributed by atoms with Crippen molar-refractivity contribution in [3.63, 3.8) is 0 Å². The average Bonchev–Trinajstić information content (AvgIpc) is 2.90. The fraction of sp³-hybridized carbons (Fsp3) is 0.667. The number of nitrogens with zero attached hydrogens (tertiary/aromatic N) is 2. The van der Waals surface area contributed by atoms with Crippen LogP contribution in [0.4, 0.5) is 0 Å². The van der Waals surface area contributed by atoms with Crippen LogP contribution in [0.3, 0.4) is 0 Å². The summed E-state index contributed by atoms with van der Waals surface area (Å²) in [4.78, 5) is 14.1. The lowest BCUT2D eigenvalue weighted by Crippen LogP contribution is -2.38. The van der Waals surface area contributed by atoms with Crippen LogP contribution in [-0.2, 0) is 0 Å². The van der Waals surface area contributed by atoms with Crippen molar-refractivity contribution < 1.29 is 9.32 Å². The van der Waals surface area contributed by atoms with Gasteiger partial charge < -0.3 is 9.42 Å². The first-order chi connectivity index (χ1) is 7.72. The van der Waals surface area contributed by atoms with Crippen molar-refractivity contribution in [2.45, 2.75) is 45.6 Å². The van der Waals surface area contributed by atoms with Crippen LogP contribution in [0.25, 0.3) is 0 Å². The van der Waals surface area contributed by atoms with Crippen LogP contribution in [0.1, 0.15) is 48.9 Å². The van der Waals surface area contributed by atoms with E-state index in [9.17, 15) is 4.79 Å². The van der Waals surface area contributed by atoms with Gasteiger partial charge in [-0.05, 0) is 26.7 Å². The molecule has 0 aliphatic heterocycles. The molecule has 4 nitrogen and oxygen atoms in total. The van der Waals surface area contributed by atoms with E-state index in [1.807, 2.05) is 18.7 Å². The minimum Gasteiger partial charge on any atom is -0.351 e. The third kappa shape index (κ3) is 2.10. The van der Waals surface area contributed by atoms with Gasteiger partial charge in [0.05, 0.1) is 5.69 Å². The van der Waals surface area contributed by atoms with E-state index in [4.69, 9.17) is 4.52 Å². The zero-order valence-electron chi connectivity index (χ0n) is 9.90. The molecule has 1 saturated carbocycles. The Balaban J connectivity index is 2.11. The molecule has 0 atom stereocenters. The molecule has 1 amide bonds. The number of carbonyl (C=O) groups is 1. The van der Waals surface area contributed by atoms with E-state index in [1.54, 1.807) is 6.07 Å². The molecule has 2 rings (SSSR count). The molecular weight excluding hydrogens is 204 g/mol. The van der Waals surface area contributed by atoms with Crippen molar-refractivity contribution in [3.8, 4) is 0 Å². The number of aromatic nitrogens is 1. The lowest BCUT2D eigenvalue weighted by molar-refractivity contribution is 0.0651. The third-order valence-corrected chi connectivity index (χ3v) is 3.21. The van der Waals surface area contributed by atoms with Crippen LogP contribution in [0.5, 0.6) is 0 Å². The standard InChI is InChI=1S/C12H18N2O2/c1-3-14(10-6-4-5-7-10)12(15)11-8-9(2)13-16-11/h8,10H,3-7H2,1-2H3. The maximum Gasteiger partial charge on any atom is 0.292 e. The third-order valence-electron chi connectivity index (χ3n) is 3.21. The predicted molar refractivity (Wildman–Crippen MR) is 60.2 cm³/mol. The summed E-state index contributed by atoms with van der Waals surface area (Å²) in [5.74, 6) is 0.348. The molecular formula is C12H18N2O2. The summed E-state index contributed by atoms with van der Waals surface area (Å²) in [5, 5.41) is 3.76. The topological polar surface area (TPSA) is 46.3 Å². The van der Waals surface area contributed by atoms with Crippen LogP contribution >= 0.6 is 0 Å². The van der Waals surface area contributed by atoms with Gasteiger partial charge in [0.15, 0.2) is 0 Å². The minimum absolute atomic E-state index is 0.0185. The van der Waals surface area contributed by atoms with Gasteiger partial charge in [-0.25, -0.2) is 0 Å². The zero-order valence-corrected chi connectivity index (χ0v) is 9.90. The highest BCUT2D eigenvalue weighted by atomic mass is 16.5. The predicted octanol–water partition coefficient (Wildman–Crippen LogP) is 2.39. The van der Waals surface area contributed by atoms with Crippen LogP contribution < -0.4 is 0 Å². The Morgan fingerprint density at radius 2 is 2.25 bits per heavy atom. The summed E-state index contributed by atoms with van der Waals surface area (Å²) >= 11 is 0. The minimum atomic E-state index is -0.0185. The maximum absolute atomic E-state index is 12.2. The Morgan fingerprint density at radius 1 is 1.56 bits per heavy atom. The molecule has 1 heterocycles. The Morgan fingerprint density at radius 3 is 2.75 bits per heavy atom. The lowest BCUT2D eigenvalue weighted by Gasteiger charge is -2.26. The number of rotatable bonds is 3. The number of hydrogen-bond acceptors (Lipinski definition) is 3. The summed E-state index contributed by atoms with van der Waals surface area (Å²) in [7, 11) is 0. The molecule has 1 aliphatic rings. The second-order valence-corrected chi connectivity index (χ2v) is 4.36. The first-order valence-corrected chi connectivity index (χ1v) is 5.96. The van der Waals surface area contributed by atoms with Crippen molar-refractivity contribution in [1.29, 1.82) is 0 Å². The molecule has 1 aromatic heterocycles. The smallest absolute Gasteiger partial charge is 0.292 e. The van der Waals surface area contributed by atoms with Gasteiger partial charge in [0.2, 0.25) is 5.76 Å². The van der Waals surface area contributed by atoms with Gasteiger partial charge in [0, 0.05) is 18.7 Å². The van der Waals surface area contributed by atoms with Crippen LogP contribution in [0, 0.1) is 6.92 Å². The Bertz CT molecular complexity index is 367. The fourth-order valence-corrected chi connectivity index (χ4v) is 2.39. The molecule has 0 unspecified atom stereocenters. The van der Waals surface area contributed by atoms with Gasteiger partial charge in [0.1, 0.15) is 0 Å². The molecule has 16 heavy (non-hydrogen) atoms. The van der Waals surface area contributed by atoms with E-state index in [2.05, 4.69) is 5.16 Å². The molecule has 0 N–H and O–H groups in total. The Labute approximate surface area is 95.6 Å². The summed E-state index contributed by atoms with van der Waals surface area (Å²) in [6.07, 6.45) is 4.69. The lowest BCUT2D eigenvalue weighted by atomic mass is 10.2. The van der Waals surface area contributed by atoms with E-state index in [0.29, 0.717) is 11.8 Å². The quantitative estimate of drug-likeness (QED) is 0.788. The van der Waals surface area contributed by atoms with E-state index in [0.717, 1.165) is 25.1 Å². The summed E-state index contributed by atoms with van der Waals surface area (Å²) in [6, 6.07) is 2.10. The molecule has 1 aromatic rings. The van der Waals surface area contributed by atoms with Crippen molar-refractivity contribution in [2.75, 3.05) is 6.54 Å². The first-order valence-electron chi connectivity index (χ1n) is 5.96. The van der Waals surface area contributed by atoms with E-state index < -0.39 is 0 Å². The number of hydrogen-bond donors (Lipinski definition) is 0. The number of amides is 1. The highest BCUT2D eigenvalue weighted by Crippen LogP contribution is 2.24. The van der Waals surface area contributed by atoms with Crippen molar-refractivity contribution >= 4 is 5.91 Å². The van der Waals surface area contributed by atoms with Crippen LogP contribution in [0.15, 0.2) is 10.6 Å². The van der Waals surface area contributed by atoms with Gasteiger partial charge in [0.25, 0.3) is 5.91 Å². The van der Waals surface area contributed by atoms with Crippen molar-refractivity contribution in [1.82, 2.24) is 10.1 Å². The largest absolute Gasteiger partial charge is 0.351 e. The van der Waals surface area contributed by atoms with Crippen LogP contribution in [0.2, 0.25) is 0 Å². The molecule has 1 aliphatic carbocycles. The molecule has 4 heteroatoms. The Kier molecular flexibility index (Phi) is 3.27. The van der Waals surface area contributed by atoms with Gasteiger partial charge in [-0.15, -0.1) is 0 Å². The Hall–Kier alpha value is -1.32. The van der Waals surface area contributed by atoms with Crippen molar-refractivity contribution in [3.05, 3.63) is 17.5 Å². The SMILES string of the molecule is CCN(C(=O)c1cc(C)no1)C1CCCC1.